The molecule has 0 saturated carbocycles. The van der Waals surface area contributed by atoms with Crippen LogP contribution in [-0.2, 0) is 9.13 Å². The molecule has 1 rings (SSSR count). The van der Waals surface area contributed by atoms with Gasteiger partial charge in [-0.1, -0.05) is 0 Å². The van der Waals surface area contributed by atoms with Crippen LogP contribution in [0.3, 0.4) is 0 Å². The fraction of sp³-hybridized carbons (Fsp3) is 0. The van der Waals surface area contributed by atoms with Gasteiger partial charge in [-0.2, -0.15) is 15.6 Å². The van der Waals surface area contributed by atoms with Crippen LogP contribution in [0, 0.1) is 0 Å². The van der Waals surface area contributed by atoms with E-state index in [1.165, 1.54) is 0 Å². The van der Waals surface area contributed by atoms with E-state index >= 15 is 0 Å². The summed E-state index contributed by atoms with van der Waals surface area (Å²) in [5.41, 5.74) is 6.08. The van der Waals surface area contributed by atoms with Crippen molar-refractivity contribution in [2.24, 2.45) is 0 Å². The Morgan fingerprint density at radius 2 is 1.00 bits per heavy atom. The van der Waals surface area contributed by atoms with Crippen LogP contribution < -0.4 is 35.1 Å². The second-order valence-corrected chi connectivity index (χ2v) is 3.96. The minimum Gasteiger partial charge on any atom is -0.822 e. The van der Waals surface area contributed by atoms with E-state index in [1.807, 2.05) is 0 Å². The van der Waals surface area contributed by atoms with Gasteiger partial charge in [0.2, 0.25) is 0 Å². The van der Waals surface area contributed by atoms with Gasteiger partial charge in [0.05, 0.1) is 0 Å². The van der Waals surface area contributed by atoms with E-state index in [0.29, 0.717) is 0 Å². The first kappa shape index (κ1) is 34.3. The molecule has 0 aliphatic heterocycles. The van der Waals surface area contributed by atoms with Crippen molar-refractivity contribution >= 4 is 135 Å². The van der Waals surface area contributed by atoms with E-state index in [-0.39, 0.29) is 113 Å². The fourth-order valence-corrected chi connectivity index (χ4v) is 0.363. The molecule has 1 aromatic rings. The fourth-order valence-electron chi connectivity index (χ4n) is 0.363. The molecule has 20 heavy (non-hydrogen) atoms. The summed E-state index contributed by atoms with van der Waals surface area (Å²) in [6.45, 7) is 0. The smallest absolute Gasteiger partial charge is 0.822 e. The number of nitrogens with zero attached hydrogens (tertiary/aromatic N) is 1. The molecule has 0 saturated heterocycles. The normalized spacial score (nSPS) is 8.90. The number of anilines is 1. The number of nitrogen functional groups attached to an aromatic ring is 1. The number of hydrogen-bond acceptors (Lipinski definition) is 10. The molecular formula is C5H6Ca3N2O8P2. The molecule has 0 spiro atoms. The zero-order valence-corrected chi connectivity index (χ0v) is 18.5. The number of hydrogen-bond donors (Lipinski definition) is 1. The van der Waals surface area contributed by atoms with Crippen molar-refractivity contribution in [1.29, 1.82) is 0 Å². The average Bonchev–Trinajstić information content (AvgIpc) is 1.98. The largest absolute Gasteiger partial charge is 2.00 e. The summed E-state index contributed by atoms with van der Waals surface area (Å²) in [6.07, 6.45) is 3.32. The number of nitrogens with two attached hydrogens (primary N) is 1. The molecular weight excluding hydrogens is 398 g/mol. The Morgan fingerprint density at radius 3 is 1.10 bits per heavy atom. The number of aromatic nitrogens is 1. The van der Waals surface area contributed by atoms with Gasteiger partial charge in [-0.05, 0) is 12.1 Å². The molecule has 100 valence electrons. The Balaban J connectivity index is -0.0000000536. The van der Waals surface area contributed by atoms with E-state index < -0.39 is 15.6 Å². The van der Waals surface area contributed by atoms with E-state index in [0.717, 1.165) is 5.69 Å². The van der Waals surface area contributed by atoms with Gasteiger partial charge in [0.1, 0.15) is 0 Å². The van der Waals surface area contributed by atoms with E-state index in [1.54, 1.807) is 24.5 Å². The number of phosphoric acid groups is 2. The van der Waals surface area contributed by atoms with Gasteiger partial charge in [0.25, 0.3) is 0 Å². The third-order valence-electron chi connectivity index (χ3n) is 0.706. The molecule has 2 N–H and O–H groups in total. The monoisotopic (exact) mass is 404 g/mol. The molecule has 1 heterocycles. The molecule has 0 amide bonds. The Labute approximate surface area is 204 Å². The molecule has 0 aliphatic carbocycles. The van der Waals surface area contributed by atoms with Crippen molar-refractivity contribution in [2.45, 2.75) is 0 Å². The Bertz CT molecular complexity index is 362. The van der Waals surface area contributed by atoms with Crippen LogP contribution >= 0.6 is 15.6 Å². The van der Waals surface area contributed by atoms with Gasteiger partial charge >= 0.3 is 113 Å². The first-order valence-corrected chi connectivity index (χ1v) is 6.43. The predicted molar refractivity (Wildman–Crippen MR) is 61.1 cm³/mol. The van der Waals surface area contributed by atoms with Crippen LogP contribution in [0.25, 0.3) is 0 Å². The van der Waals surface area contributed by atoms with Crippen LogP contribution in [0.5, 0.6) is 0 Å². The van der Waals surface area contributed by atoms with E-state index in [4.69, 9.17) is 44.2 Å². The maximum Gasteiger partial charge on any atom is 2.00 e. The SMILES string of the molecule is Nc1ccncc1.O=P([O-])([O-])[O-].O=P([O-])([O-])[O-].[Ca+2].[Ca+2].[Ca+2]. The molecule has 0 fully saturated rings. The zero-order chi connectivity index (χ0) is 14.1. The molecule has 0 aromatic carbocycles. The van der Waals surface area contributed by atoms with E-state index in [9.17, 15) is 0 Å². The summed E-state index contributed by atoms with van der Waals surface area (Å²) in [7, 11) is -10.8. The van der Waals surface area contributed by atoms with E-state index in [2.05, 4.69) is 4.98 Å². The molecule has 10 nitrogen and oxygen atoms in total. The number of rotatable bonds is 0. The van der Waals surface area contributed by atoms with Crippen molar-refractivity contribution in [2.75, 3.05) is 5.73 Å². The Hall–Kier alpha value is 2.95. The third kappa shape index (κ3) is 69.5. The first-order valence-electron chi connectivity index (χ1n) is 3.51. The van der Waals surface area contributed by atoms with Crippen LogP contribution in [0.2, 0.25) is 0 Å². The minimum atomic E-state index is -5.39. The summed E-state index contributed by atoms with van der Waals surface area (Å²) in [5.74, 6) is 0. The molecule has 0 radical (unpaired) electrons. The molecule has 0 aliphatic rings. The van der Waals surface area contributed by atoms with Gasteiger partial charge in [-0.15, -0.1) is 0 Å². The molecule has 0 atom stereocenters. The van der Waals surface area contributed by atoms with Gasteiger partial charge in [-0.25, -0.2) is 0 Å². The van der Waals surface area contributed by atoms with Gasteiger partial charge in [-0.3, -0.25) is 4.98 Å². The maximum atomic E-state index is 8.55. The zero-order valence-electron chi connectivity index (χ0n) is 10.1. The topological polar surface area (TPSA) is 211 Å². The van der Waals surface area contributed by atoms with Crippen molar-refractivity contribution in [3.05, 3.63) is 24.5 Å². The van der Waals surface area contributed by atoms with Gasteiger partial charge in [0.15, 0.2) is 0 Å². The summed E-state index contributed by atoms with van der Waals surface area (Å²) in [4.78, 5) is 55.1. The van der Waals surface area contributed by atoms with Crippen molar-refractivity contribution in [3.8, 4) is 0 Å². The molecule has 15 heteroatoms. The molecule has 0 bridgehead atoms. The van der Waals surface area contributed by atoms with Gasteiger partial charge in [0, 0.05) is 18.1 Å². The Kier molecular flexibility index (Phi) is 31.4. The third-order valence-corrected chi connectivity index (χ3v) is 0.706. The second-order valence-electron chi connectivity index (χ2n) is 2.17. The van der Waals surface area contributed by atoms with Crippen molar-refractivity contribution in [3.63, 3.8) is 0 Å². The second kappa shape index (κ2) is 18.3. The van der Waals surface area contributed by atoms with Crippen molar-refractivity contribution < 1.29 is 38.5 Å². The minimum absolute atomic E-state index is 0. The average molecular weight is 404 g/mol. The molecule has 1 aromatic heterocycles. The van der Waals surface area contributed by atoms with Crippen LogP contribution in [0.1, 0.15) is 0 Å². The summed E-state index contributed by atoms with van der Waals surface area (Å²) < 4.78 is 17.1. The van der Waals surface area contributed by atoms with Crippen LogP contribution in [0.4, 0.5) is 5.69 Å². The quantitative estimate of drug-likeness (QED) is 0.319. The maximum absolute atomic E-state index is 8.55. The Morgan fingerprint density at radius 1 is 0.800 bits per heavy atom. The molecule has 0 unspecified atom stereocenters. The van der Waals surface area contributed by atoms with Gasteiger partial charge < -0.3 is 44.2 Å². The summed E-state index contributed by atoms with van der Waals surface area (Å²) >= 11 is 0. The summed E-state index contributed by atoms with van der Waals surface area (Å²) in [5, 5.41) is 0. The van der Waals surface area contributed by atoms with Crippen molar-refractivity contribution in [1.82, 2.24) is 4.98 Å². The first-order chi connectivity index (χ1) is 7.39. The van der Waals surface area contributed by atoms with Crippen LogP contribution in [-0.4, -0.2) is 118 Å². The number of pyridine rings is 1. The standard InChI is InChI=1S/C5H6N2.3Ca.2H3O4P/c6-5-1-3-7-4-2-5;;;;2*1-5(2,3)4/h1-4H,(H2,6,7);;;;2*(H3,1,2,3,4)/q;3*+2;;/p-6. The van der Waals surface area contributed by atoms with Crippen LogP contribution in [0.15, 0.2) is 24.5 Å². The predicted octanol–water partition coefficient (Wildman–Crippen LogP) is -6.13. The summed E-state index contributed by atoms with van der Waals surface area (Å²) in [6, 6.07) is 3.50.